The lowest BCUT2D eigenvalue weighted by Crippen LogP contribution is -2.29. The van der Waals surface area contributed by atoms with Crippen molar-refractivity contribution < 1.29 is 23.1 Å². The third kappa shape index (κ3) is 5.45. The van der Waals surface area contributed by atoms with Gasteiger partial charge in [-0.05, 0) is 73.1 Å². The fourth-order valence-corrected chi connectivity index (χ4v) is 7.05. The average molecular weight is 550 g/mol. The Balaban J connectivity index is 1.47. The first-order chi connectivity index (χ1) is 18.4. The van der Waals surface area contributed by atoms with E-state index in [1.54, 1.807) is 28.8 Å². The molecule has 0 bridgehead atoms. The van der Waals surface area contributed by atoms with Gasteiger partial charge >= 0.3 is 5.97 Å². The Morgan fingerprint density at radius 1 is 1.03 bits per heavy atom. The Morgan fingerprint density at radius 3 is 2.36 bits per heavy atom. The van der Waals surface area contributed by atoms with Crippen LogP contribution in [0.1, 0.15) is 66.0 Å². The highest BCUT2D eigenvalue weighted by Crippen LogP contribution is 2.40. The minimum absolute atomic E-state index is 0.000331. The van der Waals surface area contributed by atoms with Crippen LogP contribution in [-0.4, -0.2) is 42.9 Å². The third-order valence-corrected chi connectivity index (χ3v) is 9.24. The van der Waals surface area contributed by atoms with Gasteiger partial charge in [-0.2, -0.15) is 0 Å². The van der Waals surface area contributed by atoms with E-state index in [4.69, 9.17) is 0 Å². The summed E-state index contributed by atoms with van der Waals surface area (Å²) < 4.78 is 31.2. The molecule has 0 amide bonds. The molecule has 0 unspecified atom stereocenters. The van der Waals surface area contributed by atoms with E-state index in [1.165, 1.54) is 0 Å². The maximum atomic E-state index is 13.3. The third-order valence-electron chi connectivity index (χ3n) is 7.86. The van der Waals surface area contributed by atoms with Gasteiger partial charge in [0.25, 0.3) is 10.0 Å². The zero-order valence-electron chi connectivity index (χ0n) is 22.7. The zero-order chi connectivity index (χ0) is 27.9. The number of aromatic nitrogens is 1. The fourth-order valence-electron chi connectivity index (χ4n) is 5.95. The molecule has 9 heteroatoms. The van der Waals surface area contributed by atoms with Crippen molar-refractivity contribution >= 4 is 33.2 Å². The number of nitrogens with one attached hydrogen (secondary N) is 1. The van der Waals surface area contributed by atoms with Crippen LogP contribution in [0.15, 0.2) is 53.4 Å². The number of carbonyl (C=O) groups excluding carboxylic acids is 1. The largest absolute Gasteiger partial charge is 0.480 e. The number of anilines is 2. The predicted octanol–water partition coefficient (Wildman–Crippen LogP) is 5.03. The molecule has 5 rings (SSSR count). The van der Waals surface area contributed by atoms with Crippen molar-refractivity contribution in [2.45, 2.75) is 64.3 Å². The van der Waals surface area contributed by atoms with Crippen molar-refractivity contribution in [2.24, 2.45) is 5.41 Å². The Bertz CT molecular complexity index is 1530. The van der Waals surface area contributed by atoms with Gasteiger partial charge in [-0.1, -0.05) is 32.0 Å². The van der Waals surface area contributed by atoms with Crippen molar-refractivity contribution in [3.63, 3.8) is 0 Å². The first-order valence-electron chi connectivity index (χ1n) is 13.4. The molecule has 39 heavy (non-hydrogen) atoms. The number of fused-ring (bicyclic) bond motifs is 1. The second-order valence-electron chi connectivity index (χ2n) is 11.4. The van der Waals surface area contributed by atoms with Crippen LogP contribution in [0.25, 0.3) is 0 Å². The van der Waals surface area contributed by atoms with Gasteiger partial charge in [0.05, 0.1) is 10.6 Å². The lowest BCUT2D eigenvalue weighted by molar-refractivity contribution is -0.137. The van der Waals surface area contributed by atoms with Gasteiger partial charge in [0.2, 0.25) is 0 Å². The molecule has 2 aliphatic rings. The molecule has 1 saturated heterocycles. The van der Waals surface area contributed by atoms with Crippen LogP contribution in [0.5, 0.6) is 0 Å². The van der Waals surface area contributed by atoms with E-state index < -0.39 is 16.0 Å². The monoisotopic (exact) mass is 549 g/mol. The summed E-state index contributed by atoms with van der Waals surface area (Å²) in [6.45, 7) is 7.61. The molecule has 1 fully saturated rings. The molecule has 1 aliphatic heterocycles. The van der Waals surface area contributed by atoms with E-state index in [0.29, 0.717) is 36.1 Å². The Morgan fingerprint density at radius 2 is 1.69 bits per heavy atom. The molecule has 0 atom stereocenters. The Hall–Kier alpha value is -3.59. The number of hydrogen-bond donors (Lipinski definition) is 2. The van der Waals surface area contributed by atoms with Crippen molar-refractivity contribution in [2.75, 3.05) is 22.7 Å². The van der Waals surface area contributed by atoms with Crippen LogP contribution >= 0.6 is 0 Å². The number of nitrogens with zero attached hydrogens (tertiary/aromatic N) is 2. The summed E-state index contributed by atoms with van der Waals surface area (Å²) in [5, 5.41) is 9.56. The van der Waals surface area contributed by atoms with Crippen LogP contribution in [0.4, 0.5) is 11.4 Å². The van der Waals surface area contributed by atoms with Gasteiger partial charge < -0.3 is 14.6 Å². The topological polar surface area (TPSA) is 109 Å². The highest BCUT2D eigenvalue weighted by molar-refractivity contribution is 7.92. The Labute approximate surface area is 229 Å². The van der Waals surface area contributed by atoms with E-state index >= 15 is 0 Å². The summed E-state index contributed by atoms with van der Waals surface area (Å²) in [4.78, 5) is 27.4. The second kappa shape index (κ2) is 10.2. The molecule has 0 spiro atoms. The van der Waals surface area contributed by atoms with Crippen molar-refractivity contribution in [3.8, 4) is 0 Å². The van der Waals surface area contributed by atoms with E-state index in [2.05, 4.69) is 9.62 Å². The maximum Gasteiger partial charge on any atom is 0.323 e. The SMILES string of the molecule is Cc1c(Cc2ccccc2NS(=O)(=O)c2ccc(N3CCCC3)cc2)c2c(n1CC(=O)O)CC(C)(C)CC2=O. The lowest BCUT2D eigenvalue weighted by atomic mass is 9.75. The van der Waals surface area contributed by atoms with E-state index in [0.717, 1.165) is 48.6 Å². The van der Waals surface area contributed by atoms with Crippen molar-refractivity contribution in [3.05, 3.63) is 76.6 Å². The van der Waals surface area contributed by atoms with Gasteiger partial charge in [0, 0.05) is 48.6 Å². The molecular weight excluding hydrogens is 514 g/mol. The van der Waals surface area contributed by atoms with Crippen molar-refractivity contribution in [1.29, 1.82) is 0 Å². The number of rotatable bonds is 8. The normalized spacial score (nSPS) is 16.8. The number of sulfonamides is 1. The molecule has 3 aromatic rings. The van der Waals surface area contributed by atoms with Crippen LogP contribution in [0, 0.1) is 12.3 Å². The van der Waals surface area contributed by atoms with Crippen LogP contribution in [0.3, 0.4) is 0 Å². The van der Waals surface area contributed by atoms with Crippen LogP contribution in [0.2, 0.25) is 0 Å². The van der Waals surface area contributed by atoms with Crippen molar-refractivity contribution in [1.82, 2.24) is 4.57 Å². The number of carboxylic acids is 1. The summed E-state index contributed by atoms with van der Waals surface area (Å²) >= 11 is 0. The highest BCUT2D eigenvalue weighted by atomic mass is 32.2. The number of Topliss-reactive ketones (excluding diaryl/α,β-unsaturated/α-hetero) is 1. The van der Waals surface area contributed by atoms with Gasteiger partial charge in [0.15, 0.2) is 5.78 Å². The molecular formula is C30H35N3O5S. The molecule has 8 nitrogen and oxygen atoms in total. The van der Waals surface area contributed by atoms with Crippen LogP contribution < -0.4 is 9.62 Å². The number of carboxylic acid groups (broad SMARTS) is 1. The summed E-state index contributed by atoms with van der Waals surface area (Å²) in [5.41, 5.74) is 4.73. The maximum absolute atomic E-state index is 13.3. The van der Waals surface area contributed by atoms with Gasteiger partial charge in [-0.25, -0.2) is 8.42 Å². The standard InChI is InChI=1S/C30H35N3O5S/c1-20-24(29-26(33(20)19-28(35)36)17-30(2,3)18-27(29)34)16-21-8-4-5-9-25(21)31-39(37,38)23-12-10-22(11-13-23)32-14-6-7-15-32/h4-5,8-13,31H,6-7,14-19H2,1-3H3,(H,35,36). The van der Waals surface area contributed by atoms with E-state index in [1.807, 2.05) is 45.0 Å². The number of para-hydroxylation sites is 1. The van der Waals surface area contributed by atoms with Gasteiger partial charge in [-0.3, -0.25) is 14.3 Å². The van der Waals surface area contributed by atoms with E-state index in [-0.39, 0.29) is 22.6 Å². The molecule has 2 aromatic carbocycles. The number of carbonyl (C=O) groups is 2. The first kappa shape index (κ1) is 27.0. The Kier molecular flexibility index (Phi) is 7.05. The number of benzene rings is 2. The molecule has 2 N–H and O–H groups in total. The first-order valence-corrected chi connectivity index (χ1v) is 14.8. The smallest absolute Gasteiger partial charge is 0.323 e. The number of hydrogen-bond acceptors (Lipinski definition) is 5. The summed E-state index contributed by atoms with van der Waals surface area (Å²) in [6.07, 6.45) is 3.57. The zero-order valence-corrected chi connectivity index (χ0v) is 23.5. The quantitative estimate of drug-likeness (QED) is 0.408. The second-order valence-corrected chi connectivity index (χ2v) is 13.1. The molecule has 0 saturated carbocycles. The minimum atomic E-state index is -3.85. The fraction of sp³-hybridized carbons (Fsp3) is 0.400. The van der Waals surface area contributed by atoms with Gasteiger partial charge in [-0.15, -0.1) is 0 Å². The summed E-state index contributed by atoms with van der Waals surface area (Å²) in [7, 11) is -3.85. The molecule has 2 heterocycles. The number of ketones is 1. The number of aliphatic carboxylic acids is 1. The molecule has 0 radical (unpaired) electrons. The molecule has 206 valence electrons. The highest BCUT2D eigenvalue weighted by Gasteiger charge is 2.37. The molecule has 1 aromatic heterocycles. The summed E-state index contributed by atoms with van der Waals surface area (Å²) in [5.74, 6) is -0.971. The minimum Gasteiger partial charge on any atom is -0.480 e. The lowest BCUT2D eigenvalue weighted by Gasteiger charge is -2.30. The predicted molar refractivity (Wildman–Crippen MR) is 151 cm³/mol. The summed E-state index contributed by atoms with van der Waals surface area (Å²) in [6, 6.07) is 14.1. The average Bonchev–Trinajstić information content (AvgIpc) is 3.48. The molecule has 1 aliphatic carbocycles. The van der Waals surface area contributed by atoms with E-state index in [9.17, 15) is 23.1 Å². The van der Waals surface area contributed by atoms with Crippen LogP contribution in [-0.2, 0) is 34.2 Å². The van der Waals surface area contributed by atoms with Gasteiger partial charge in [0.1, 0.15) is 6.54 Å².